The Bertz CT molecular complexity index is 1090. The quantitative estimate of drug-likeness (QED) is 0.211. The van der Waals surface area contributed by atoms with Gasteiger partial charge in [0.05, 0.1) is 20.8 Å². The van der Waals surface area contributed by atoms with Gasteiger partial charge in [-0.1, -0.05) is 27.7 Å². The highest BCUT2D eigenvalue weighted by Gasteiger charge is 2.27. The van der Waals surface area contributed by atoms with E-state index >= 15 is 0 Å². The number of thioether (sulfide) groups is 1. The van der Waals surface area contributed by atoms with Crippen LogP contribution in [0, 0.1) is 17.0 Å². The lowest BCUT2D eigenvalue weighted by Gasteiger charge is -2.18. The van der Waals surface area contributed by atoms with Gasteiger partial charge >= 0.3 is 0 Å². The van der Waals surface area contributed by atoms with Crippen LogP contribution in [0.25, 0.3) is 5.69 Å². The van der Waals surface area contributed by atoms with E-state index in [-0.39, 0.29) is 11.5 Å². The standard InChI is InChI=1S/C21H23BrN4O5S/c1-5-31-15-8-6-14(7-9-15)26-13(2)23-24-21(26)32-20(12-25(27)28)16-10-18(29-3)19(30-4)11-17(16)22/h6-11,20H,5,12H2,1-4H3/t20-/m1/s1. The maximum atomic E-state index is 11.5. The Morgan fingerprint density at radius 3 is 2.41 bits per heavy atom. The summed E-state index contributed by atoms with van der Waals surface area (Å²) in [6.45, 7) is 4.03. The van der Waals surface area contributed by atoms with Gasteiger partial charge in [0.1, 0.15) is 16.8 Å². The molecule has 0 unspecified atom stereocenters. The van der Waals surface area contributed by atoms with Gasteiger partial charge in [0.15, 0.2) is 16.7 Å². The lowest BCUT2D eigenvalue weighted by molar-refractivity contribution is -0.479. The first-order chi connectivity index (χ1) is 15.4. The van der Waals surface area contributed by atoms with Crippen molar-refractivity contribution < 1.29 is 19.1 Å². The van der Waals surface area contributed by atoms with Crippen molar-refractivity contribution in [3.8, 4) is 22.9 Å². The Kier molecular flexibility index (Phi) is 7.97. The number of nitrogens with zero attached hydrogens (tertiary/aromatic N) is 4. The van der Waals surface area contributed by atoms with Crippen LogP contribution in [0.4, 0.5) is 0 Å². The van der Waals surface area contributed by atoms with Crippen LogP contribution in [0.1, 0.15) is 23.6 Å². The van der Waals surface area contributed by atoms with Crippen molar-refractivity contribution in [2.45, 2.75) is 24.3 Å². The molecule has 3 aromatic rings. The Balaban J connectivity index is 2.00. The number of aryl methyl sites for hydroxylation is 1. The molecule has 0 radical (unpaired) electrons. The minimum atomic E-state index is -0.552. The molecule has 0 saturated carbocycles. The minimum absolute atomic E-state index is 0.312. The van der Waals surface area contributed by atoms with Gasteiger partial charge in [-0.15, -0.1) is 10.2 Å². The van der Waals surface area contributed by atoms with Crippen LogP contribution in [0.5, 0.6) is 17.2 Å². The number of methoxy groups -OCH3 is 2. The number of hydrogen-bond donors (Lipinski definition) is 0. The van der Waals surface area contributed by atoms with Crippen LogP contribution in [0.15, 0.2) is 46.0 Å². The first-order valence-corrected chi connectivity index (χ1v) is 11.4. The Labute approximate surface area is 198 Å². The van der Waals surface area contributed by atoms with E-state index < -0.39 is 5.25 Å². The maximum absolute atomic E-state index is 11.5. The fourth-order valence-electron chi connectivity index (χ4n) is 3.15. The molecule has 32 heavy (non-hydrogen) atoms. The van der Waals surface area contributed by atoms with Crippen molar-refractivity contribution in [3.05, 3.63) is 62.4 Å². The molecule has 0 spiro atoms. The van der Waals surface area contributed by atoms with E-state index in [1.807, 2.05) is 42.7 Å². The van der Waals surface area contributed by atoms with Crippen LogP contribution in [-0.2, 0) is 0 Å². The van der Waals surface area contributed by atoms with E-state index in [2.05, 4.69) is 26.1 Å². The summed E-state index contributed by atoms with van der Waals surface area (Å²) in [4.78, 5) is 11.1. The van der Waals surface area contributed by atoms with E-state index in [4.69, 9.17) is 14.2 Å². The summed E-state index contributed by atoms with van der Waals surface area (Å²) in [5.41, 5.74) is 1.54. The fourth-order valence-corrected chi connectivity index (χ4v) is 5.11. The molecule has 0 saturated heterocycles. The van der Waals surface area contributed by atoms with E-state index in [9.17, 15) is 10.1 Å². The van der Waals surface area contributed by atoms with E-state index in [0.29, 0.717) is 39.1 Å². The van der Waals surface area contributed by atoms with Gasteiger partial charge in [0.25, 0.3) is 0 Å². The second kappa shape index (κ2) is 10.7. The van der Waals surface area contributed by atoms with Gasteiger partial charge in [-0.2, -0.15) is 0 Å². The molecule has 0 aliphatic carbocycles. The number of rotatable bonds is 10. The number of halogens is 1. The molecular weight excluding hydrogens is 500 g/mol. The smallest absolute Gasteiger partial charge is 0.220 e. The normalized spacial score (nSPS) is 11.8. The fraction of sp³-hybridized carbons (Fsp3) is 0.333. The molecule has 11 heteroatoms. The van der Waals surface area contributed by atoms with Crippen molar-refractivity contribution in [1.82, 2.24) is 14.8 Å². The number of benzene rings is 2. The molecular formula is C21H23BrN4O5S. The number of aromatic nitrogens is 3. The zero-order chi connectivity index (χ0) is 23.3. The average Bonchev–Trinajstić information content (AvgIpc) is 3.13. The summed E-state index contributed by atoms with van der Waals surface area (Å²) < 4.78 is 18.8. The highest BCUT2D eigenvalue weighted by Crippen LogP contribution is 2.43. The highest BCUT2D eigenvalue weighted by molar-refractivity contribution is 9.10. The van der Waals surface area contributed by atoms with Gasteiger partial charge in [0.2, 0.25) is 6.54 Å². The zero-order valence-corrected chi connectivity index (χ0v) is 20.5. The third-order valence-electron chi connectivity index (χ3n) is 4.61. The molecule has 1 heterocycles. The van der Waals surface area contributed by atoms with Crippen LogP contribution in [0.2, 0.25) is 0 Å². The zero-order valence-electron chi connectivity index (χ0n) is 18.1. The van der Waals surface area contributed by atoms with Crippen molar-refractivity contribution in [1.29, 1.82) is 0 Å². The molecule has 2 aromatic carbocycles. The van der Waals surface area contributed by atoms with Crippen LogP contribution >= 0.6 is 27.7 Å². The van der Waals surface area contributed by atoms with Gasteiger partial charge in [-0.25, -0.2) is 0 Å². The average molecular weight is 523 g/mol. The molecule has 9 nitrogen and oxygen atoms in total. The Hall–Kier alpha value is -2.79. The summed E-state index contributed by atoms with van der Waals surface area (Å²) in [6, 6.07) is 11.0. The molecule has 0 N–H and O–H groups in total. The molecule has 0 bridgehead atoms. The van der Waals surface area contributed by atoms with Gasteiger partial charge in [0, 0.05) is 15.1 Å². The Morgan fingerprint density at radius 2 is 1.81 bits per heavy atom. The molecule has 0 fully saturated rings. The maximum Gasteiger partial charge on any atom is 0.220 e. The molecule has 3 rings (SSSR count). The van der Waals surface area contributed by atoms with E-state index in [0.717, 1.165) is 11.4 Å². The first kappa shape index (κ1) is 23.9. The SMILES string of the molecule is CCOc1ccc(-n2c(C)nnc2S[C@H](C[N+](=O)[O-])c2cc(OC)c(OC)cc2Br)cc1. The largest absolute Gasteiger partial charge is 0.494 e. The van der Waals surface area contributed by atoms with Crippen molar-refractivity contribution in [3.63, 3.8) is 0 Å². The van der Waals surface area contributed by atoms with Gasteiger partial charge < -0.3 is 14.2 Å². The molecule has 0 aliphatic heterocycles. The predicted octanol–water partition coefficient (Wildman–Crippen LogP) is 4.86. The number of hydrogen-bond acceptors (Lipinski definition) is 8. The van der Waals surface area contributed by atoms with Gasteiger partial charge in [-0.3, -0.25) is 14.7 Å². The third kappa shape index (κ3) is 5.33. The number of ether oxygens (including phenoxy) is 3. The van der Waals surface area contributed by atoms with E-state index in [1.54, 1.807) is 12.1 Å². The summed E-state index contributed by atoms with van der Waals surface area (Å²) in [6.07, 6.45) is 0. The third-order valence-corrected chi connectivity index (χ3v) is 6.46. The summed E-state index contributed by atoms with van der Waals surface area (Å²) >= 11 is 4.78. The number of nitro groups is 1. The lowest BCUT2D eigenvalue weighted by atomic mass is 10.1. The van der Waals surface area contributed by atoms with Crippen molar-refractivity contribution in [2.24, 2.45) is 0 Å². The summed E-state index contributed by atoms with van der Waals surface area (Å²) in [5, 5.41) is 20.0. The lowest BCUT2D eigenvalue weighted by Crippen LogP contribution is -2.12. The first-order valence-electron chi connectivity index (χ1n) is 9.73. The summed E-state index contributed by atoms with van der Waals surface area (Å²) in [5.74, 6) is 2.45. The van der Waals surface area contributed by atoms with Crippen molar-refractivity contribution in [2.75, 3.05) is 27.4 Å². The predicted molar refractivity (Wildman–Crippen MR) is 125 cm³/mol. The second-order valence-corrected chi connectivity index (χ2v) is 8.67. The molecule has 0 amide bonds. The van der Waals surface area contributed by atoms with Crippen LogP contribution in [0.3, 0.4) is 0 Å². The Morgan fingerprint density at radius 1 is 1.16 bits per heavy atom. The molecule has 1 atom stereocenters. The highest BCUT2D eigenvalue weighted by atomic mass is 79.9. The monoisotopic (exact) mass is 522 g/mol. The minimum Gasteiger partial charge on any atom is -0.494 e. The van der Waals surface area contributed by atoms with Crippen LogP contribution in [-0.4, -0.2) is 47.1 Å². The topological polar surface area (TPSA) is 102 Å². The molecule has 0 aliphatic rings. The van der Waals surface area contributed by atoms with Crippen LogP contribution < -0.4 is 14.2 Å². The summed E-state index contributed by atoms with van der Waals surface area (Å²) in [7, 11) is 3.06. The van der Waals surface area contributed by atoms with Gasteiger partial charge in [-0.05, 0) is 55.8 Å². The molecule has 1 aromatic heterocycles. The molecule has 170 valence electrons. The second-order valence-electron chi connectivity index (χ2n) is 6.64. The van der Waals surface area contributed by atoms with Crippen molar-refractivity contribution >= 4 is 27.7 Å². The van der Waals surface area contributed by atoms with E-state index in [1.165, 1.54) is 26.0 Å².